The van der Waals surface area contributed by atoms with Gasteiger partial charge in [0.25, 0.3) is 5.91 Å². The van der Waals surface area contributed by atoms with Crippen LogP contribution in [0, 0.1) is 6.92 Å². The van der Waals surface area contributed by atoms with Gasteiger partial charge in [-0.2, -0.15) is 5.10 Å². The van der Waals surface area contributed by atoms with Gasteiger partial charge in [0.2, 0.25) is 0 Å². The van der Waals surface area contributed by atoms with Crippen LogP contribution in [-0.2, 0) is 13.5 Å². The second kappa shape index (κ2) is 5.60. The molecule has 0 fully saturated rings. The Morgan fingerprint density at radius 1 is 1.48 bits per heavy atom. The van der Waals surface area contributed by atoms with Crippen LogP contribution in [0.3, 0.4) is 0 Å². The van der Waals surface area contributed by atoms with Crippen molar-refractivity contribution in [3.05, 3.63) is 47.3 Å². The average Bonchev–Trinajstić information content (AvgIpc) is 2.83. The minimum absolute atomic E-state index is 0.0261. The molecule has 5 nitrogen and oxygen atoms in total. The van der Waals surface area contributed by atoms with Gasteiger partial charge in [0.15, 0.2) is 0 Å². The molecule has 0 radical (unpaired) electrons. The van der Waals surface area contributed by atoms with E-state index in [1.165, 1.54) is 5.56 Å². The van der Waals surface area contributed by atoms with E-state index in [-0.39, 0.29) is 12.0 Å². The highest BCUT2D eigenvalue weighted by Gasteiger charge is 2.20. The second-order valence-electron chi connectivity index (χ2n) is 5.39. The van der Waals surface area contributed by atoms with E-state index in [4.69, 9.17) is 4.74 Å². The quantitative estimate of drug-likeness (QED) is 0.936. The highest BCUT2D eigenvalue weighted by molar-refractivity contribution is 5.92. The smallest absolute Gasteiger partial charge is 0.269 e. The minimum atomic E-state index is -0.111. The number of ether oxygens (including phenoxy) is 1. The number of hydrogen-bond donors (Lipinski definition) is 1. The standard InChI is InChI=1S/C16H19N3O2/c1-11-9-14(19(2)18-11)16(20)17-10-13-8-7-12-5-3-4-6-15(12)21-13/h3-6,9,13H,7-8,10H2,1-2H3,(H,17,20). The van der Waals surface area contributed by atoms with Gasteiger partial charge in [-0.25, -0.2) is 0 Å². The first kappa shape index (κ1) is 13.7. The Kier molecular flexibility index (Phi) is 3.64. The van der Waals surface area contributed by atoms with E-state index in [1.807, 2.05) is 25.1 Å². The predicted molar refractivity (Wildman–Crippen MR) is 79.5 cm³/mol. The third-order valence-electron chi connectivity index (χ3n) is 3.73. The molecule has 1 unspecified atom stereocenters. The maximum absolute atomic E-state index is 12.1. The average molecular weight is 285 g/mol. The van der Waals surface area contributed by atoms with E-state index in [1.54, 1.807) is 17.8 Å². The number of nitrogens with one attached hydrogen (secondary N) is 1. The lowest BCUT2D eigenvalue weighted by atomic mass is 10.0. The van der Waals surface area contributed by atoms with Crippen LogP contribution < -0.4 is 10.1 Å². The molecule has 0 aliphatic carbocycles. The number of carbonyl (C=O) groups excluding carboxylic acids is 1. The van der Waals surface area contributed by atoms with E-state index in [0.29, 0.717) is 12.2 Å². The number of aryl methyl sites for hydroxylation is 3. The van der Waals surface area contributed by atoms with Crippen LogP contribution in [0.15, 0.2) is 30.3 Å². The van der Waals surface area contributed by atoms with Gasteiger partial charge in [0.05, 0.1) is 12.2 Å². The molecular formula is C16H19N3O2. The zero-order chi connectivity index (χ0) is 14.8. The molecule has 0 saturated carbocycles. The molecule has 1 N–H and O–H groups in total. The van der Waals surface area contributed by atoms with Crippen molar-refractivity contribution in [2.24, 2.45) is 7.05 Å². The number of rotatable bonds is 3. The third-order valence-corrected chi connectivity index (χ3v) is 3.73. The summed E-state index contributed by atoms with van der Waals surface area (Å²) in [7, 11) is 1.77. The fourth-order valence-electron chi connectivity index (χ4n) is 2.64. The molecule has 1 aromatic carbocycles. The van der Waals surface area contributed by atoms with Crippen molar-refractivity contribution in [3.63, 3.8) is 0 Å². The first-order chi connectivity index (χ1) is 10.1. The molecule has 2 aromatic rings. The van der Waals surface area contributed by atoms with Crippen LogP contribution in [-0.4, -0.2) is 28.3 Å². The van der Waals surface area contributed by atoms with Gasteiger partial charge >= 0.3 is 0 Å². The first-order valence-electron chi connectivity index (χ1n) is 7.17. The van der Waals surface area contributed by atoms with Crippen LogP contribution in [0.2, 0.25) is 0 Å². The highest BCUT2D eigenvalue weighted by atomic mass is 16.5. The third kappa shape index (κ3) is 2.91. The molecule has 110 valence electrons. The fraction of sp³-hybridized carbons (Fsp3) is 0.375. The van der Waals surface area contributed by atoms with Crippen molar-refractivity contribution in [1.82, 2.24) is 15.1 Å². The van der Waals surface area contributed by atoms with E-state index >= 15 is 0 Å². The monoisotopic (exact) mass is 285 g/mol. The van der Waals surface area contributed by atoms with Crippen molar-refractivity contribution in [2.75, 3.05) is 6.54 Å². The molecule has 21 heavy (non-hydrogen) atoms. The van der Waals surface area contributed by atoms with Gasteiger partial charge in [0, 0.05) is 7.05 Å². The summed E-state index contributed by atoms with van der Waals surface area (Å²) in [6, 6.07) is 9.84. The molecule has 1 amide bonds. The molecule has 0 bridgehead atoms. The highest BCUT2D eigenvalue weighted by Crippen LogP contribution is 2.26. The van der Waals surface area contributed by atoms with Crippen molar-refractivity contribution in [1.29, 1.82) is 0 Å². The number of aromatic nitrogens is 2. The van der Waals surface area contributed by atoms with E-state index in [2.05, 4.69) is 16.5 Å². The summed E-state index contributed by atoms with van der Waals surface area (Å²) in [5, 5.41) is 7.11. The summed E-state index contributed by atoms with van der Waals surface area (Å²) in [5.74, 6) is 0.819. The number of amides is 1. The Morgan fingerprint density at radius 3 is 3.05 bits per heavy atom. The van der Waals surface area contributed by atoms with Crippen molar-refractivity contribution in [3.8, 4) is 5.75 Å². The van der Waals surface area contributed by atoms with Gasteiger partial charge in [-0.15, -0.1) is 0 Å². The summed E-state index contributed by atoms with van der Waals surface area (Å²) in [6.07, 6.45) is 1.93. The van der Waals surface area contributed by atoms with Gasteiger partial charge in [-0.3, -0.25) is 9.48 Å². The number of hydrogen-bond acceptors (Lipinski definition) is 3. The molecule has 1 aliphatic rings. The van der Waals surface area contributed by atoms with Crippen LogP contribution >= 0.6 is 0 Å². The van der Waals surface area contributed by atoms with Crippen molar-refractivity contribution < 1.29 is 9.53 Å². The molecule has 1 atom stereocenters. The van der Waals surface area contributed by atoms with Crippen LogP contribution in [0.4, 0.5) is 0 Å². The Hall–Kier alpha value is -2.30. The maximum atomic E-state index is 12.1. The molecular weight excluding hydrogens is 266 g/mol. The topological polar surface area (TPSA) is 56.1 Å². The normalized spacial score (nSPS) is 17.0. The molecule has 1 aliphatic heterocycles. The molecule has 0 spiro atoms. The summed E-state index contributed by atoms with van der Waals surface area (Å²) >= 11 is 0. The second-order valence-corrected chi connectivity index (χ2v) is 5.39. The van der Waals surface area contributed by atoms with Crippen LogP contribution in [0.25, 0.3) is 0 Å². The molecule has 2 heterocycles. The summed E-state index contributed by atoms with van der Waals surface area (Å²) < 4.78 is 7.52. The molecule has 5 heteroatoms. The van der Waals surface area contributed by atoms with Gasteiger partial charge < -0.3 is 10.1 Å². The molecule has 0 saturated heterocycles. The number of fused-ring (bicyclic) bond motifs is 1. The Morgan fingerprint density at radius 2 is 2.29 bits per heavy atom. The Labute approximate surface area is 123 Å². The number of carbonyl (C=O) groups is 1. The van der Waals surface area contributed by atoms with Crippen LogP contribution in [0.1, 0.15) is 28.2 Å². The predicted octanol–water partition coefficient (Wildman–Crippen LogP) is 1.85. The minimum Gasteiger partial charge on any atom is -0.488 e. The van der Waals surface area contributed by atoms with Crippen molar-refractivity contribution >= 4 is 5.91 Å². The van der Waals surface area contributed by atoms with Crippen LogP contribution in [0.5, 0.6) is 5.75 Å². The number of benzene rings is 1. The Balaban J connectivity index is 1.59. The first-order valence-corrected chi connectivity index (χ1v) is 7.17. The lowest BCUT2D eigenvalue weighted by Crippen LogP contribution is -2.37. The largest absolute Gasteiger partial charge is 0.488 e. The fourth-order valence-corrected chi connectivity index (χ4v) is 2.64. The van der Waals surface area contributed by atoms with Crippen molar-refractivity contribution in [2.45, 2.75) is 25.9 Å². The lowest BCUT2D eigenvalue weighted by molar-refractivity contribution is 0.0909. The Bertz CT molecular complexity index is 663. The lowest BCUT2D eigenvalue weighted by Gasteiger charge is -2.26. The number of para-hydroxylation sites is 1. The zero-order valence-corrected chi connectivity index (χ0v) is 12.3. The zero-order valence-electron chi connectivity index (χ0n) is 12.3. The molecule has 3 rings (SSSR count). The van der Waals surface area contributed by atoms with E-state index in [0.717, 1.165) is 24.3 Å². The maximum Gasteiger partial charge on any atom is 0.269 e. The molecule has 1 aromatic heterocycles. The summed E-state index contributed by atoms with van der Waals surface area (Å²) in [6.45, 7) is 2.38. The SMILES string of the molecule is Cc1cc(C(=O)NCC2CCc3ccccc3O2)n(C)n1. The van der Waals surface area contributed by atoms with Gasteiger partial charge in [-0.1, -0.05) is 18.2 Å². The van der Waals surface area contributed by atoms with Gasteiger partial charge in [0.1, 0.15) is 17.5 Å². The summed E-state index contributed by atoms with van der Waals surface area (Å²) in [4.78, 5) is 12.1. The summed E-state index contributed by atoms with van der Waals surface area (Å²) in [5.41, 5.74) is 2.65. The van der Waals surface area contributed by atoms with Gasteiger partial charge in [-0.05, 0) is 37.5 Å². The van der Waals surface area contributed by atoms with E-state index in [9.17, 15) is 4.79 Å². The van der Waals surface area contributed by atoms with E-state index < -0.39 is 0 Å². The number of nitrogens with zero attached hydrogens (tertiary/aromatic N) is 2.